The third kappa shape index (κ3) is 4.39. The fraction of sp³-hybridized carbons (Fsp3) is 0.545. The summed E-state index contributed by atoms with van der Waals surface area (Å²) in [7, 11) is 0. The number of hydrogen-bond acceptors (Lipinski definition) is 7. The fourth-order valence-corrected chi connectivity index (χ4v) is 1.54. The monoisotopic (exact) mass is 297 g/mol. The second-order valence-electron chi connectivity index (χ2n) is 4.46. The summed E-state index contributed by atoms with van der Waals surface area (Å²) >= 11 is 5.85. The summed E-state index contributed by atoms with van der Waals surface area (Å²) in [6.45, 7) is 6.08. The van der Waals surface area contributed by atoms with Crippen LogP contribution in [0.3, 0.4) is 0 Å². The van der Waals surface area contributed by atoms with E-state index in [1.165, 1.54) is 17.3 Å². The van der Waals surface area contributed by atoms with Gasteiger partial charge in [0.05, 0.1) is 6.61 Å². The van der Waals surface area contributed by atoms with Crippen LogP contribution in [0, 0.1) is 5.92 Å². The highest BCUT2D eigenvalue weighted by atomic mass is 35.5. The smallest absolute Gasteiger partial charge is 0.258 e. The van der Waals surface area contributed by atoms with Crippen LogP contribution in [0.25, 0.3) is 5.95 Å². The predicted molar refractivity (Wildman–Crippen MR) is 73.9 cm³/mol. The summed E-state index contributed by atoms with van der Waals surface area (Å²) in [4.78, 5) is 16.0. The number of nitrogens with one attached hydrogen (secondary N) is 1. The van der Waals surface area contributed by atoms with E-state index in [9.17, 15) is 0 Å². The van der Waals surface area contributed by atoms with Gasteiger partial charge in [0.1, 0.15) is 12.7 Å². The zero-order valence-corrected chi connectivity index (χ0v) is 12.1. The largest absolute Gasteiger partial charge is 0.379 e. The maximum Gasteiger partial charge on any atom is 0.258 e. The number of hydrogen-bond donors (Lipinski definition) is 1. The van der Waals surface area contributed by atoms with Crippen LogP contribution in [0.5, 0.6) is 0 Å². The molecule has 2 aromatic rings. The van der Waals surface area contributed by atoms with Gasteiger partial charge in [-0.15, -0.1) is 0 Å². The second-order valence-corrected chi connectivity index (χ2v) is 4.80. The third-order valence-corrected chi connectivity index (χ3v) is 2.37. The number of anilines is 1. The SMILES string of the molecule is CC(C)COCCNc1nc(Cl)nc(-n2cncn2)n1. The highest BCUT2D eigenvalue weighted by Crippen LogP contribution is 2.08. The van der Waals surface area contributed by atoms with Crippen molar-refractivity contribution in [3.05, 3.63) is 17.9 Å². The molecular weight excluding hydrogens is 282 g/mol. The first-order valence-electron chi connectivity index (χ1n) is 6.23. The van der Waals surface area contributed by atoms with Crippen LogP contribution >= 0.6 is 11.6 Å². The van der Waals surface area contributed by atoms with E-state index in [4.69, 9.17) is 16.3 Å². The normalized spacial score (nSPS) is 11.0. The first kappa shape index (κ1) is 14.6. The third-order valence-electron chi connectivity index (χ3n) is 2.20. The summed E-state index contributed by atoms with van der Waals surface area (Å²) in [5, 5.41) is 7.06. The van der Waals surface area contributed by atoms with Gasteiger partial charge >= 0.3 is 0 Å². The number of rotatable bonds is 7. The van der Waals surface area contributed by atoms with Gasteiger partial charge in [-0.25, -0.2) is 4.98 Å². The van der Waals surface area contributed by atoms with Gasteiger partial charge in [-0.05, 0) is 17.5 Å². The van der Waals surface area contributed by atoms with Crippen LogP contribution in [0.1, 0.15) is 13.8 Å². The molecule has 108 valence electrons. The molecule has 0 aromatic carbocycles. The van der Waals surface area contributed by atoms with Crippen molar-refractivity contribution in [1.82, 2.24) is 29.7 Å². The van der Waals surface area contributed by atoms with E-state index in [0.29, 0.717) is 31.0 Å². The van der Waals surface area contributed by atoms with Crippen LogP contribution in [0.2, 0.25) is 5.28 Å². The van der Waals surface area contributed by atoms with E-state index in [1.807, 2.05) is 0 Å². The summed E-state index contributed by atoms with van der Waals surface area (Å²) in [6, 6.07) is 0. The maximum atomic E-state index is 5.85. The van der Waals surface area contributed by atoms with Gasteiger partial charge in [-0.3, -0.25) is 0 Å². The lowest BCUT2D eigenvalue weighted by Crippen LogP contribution is -2.15. The molecule has 9 heteroatoms. The molecule has 1 N–H and O–H groups in total. The van der Waals surface area contributed by atoms with Gasteiger partial charge in [-0.1, -0.05) is 13.8 Å². The van der Waals surface area contributed by atoms with Crippen LogP contribution in [-0.2, 0) is 4.74 Å². The molecule has 20 heavy (non-hydrogen) atoms. The van der Waals surface area contributed by atoms with Crippen molar-refractivity contribution in [2.24, 2.45) is 5.92 Å². The molecular formula is C11H16ClN7O. The van der Waals surface area contributed by atoms with E-state index in [-0.39, 0.29) is 5.28 Å². The molecule has 0 saturated carbocycles. The van der Waals surface area contributed by atoms with Crippen LogP contribution < -0.4 is 5.32 Å². The molecule has 0 atom stereocenters. The number of nitrogens with zero attached hydrogens (tertiary/aromatic N) is 6. The van der Waals surface area contributed by atoms with Crippen molar-refractivity contribution in [1.29, 1.82) is 0 Å². The Kier molecular flexibility index (Phi) is 5.19. The van der Waals surface area contributed by atoms with Crippen molar-refractivity contribution in [2.45, 2.75) is 13.8 Å². The Bertz CT molecular complexity index is 532. The molecule has 0 unspecified atom stereocenters. The second kappa shape index (κ2) is 7.11. The highest BCUT2D eigenvalue weighted by Gasteiger charge is 2.07. The Morgan fingerprint density at radius 3 is 2.90 bits per heavy atom. The molecule has 0 aliphatic rings. The average Bonchev–Trinajstić information content (AvgIpc) is 2.91. The molecule has 2 heterocycles. The van der Waals surface area contributed by atoms with Crippen LogP contribution in [0.15, 0.2) is 12.7 Å². The molecule has 0 aliphatic heterocycles. The van der Waals surface area contributed by atoms with E-state index >= 15 is 0 Å². The quantitative estimate of drug-likeness (QED) is 0.768. The number of aromatic nitrogens is 6. The van der Waals surface area contributed by atoms with Gasteiger partial charge in [-0.2, -0.15) is 24.7 Å². The standard InChI is InChI=1S/C11H16ClN7O/c1-8(2)5-20-4-3-14-10-16-9(12)17-11(18-10)19-7-13-6-15-19/h6-8H,3-5H2,1-2H3,(H,14,16,17,18). The first-order valence-corrected chi connectivity index (χ1v) is 6.61. The Morgan fingerprint density at radius 2 is 2.20 bits per heavy atom. The zero-order valence-electron chi connectivity index (χ0n) is 11.3. The molecule has 0 amide bonds. The molecule has 0 bridgehead atoms. The predicted octanol–water partition coefficient (Wildman–Crippen LogP) is 1.19. The first-order chi connectivity index (χ1) is 9.65. The Labute approximate surface area is 121 Å². The van der Waals surface area contributed by atoms with Gasteiger partial charge in [0.2, 0.25) is 11.2 Å². The highest BCUT2D eigenvalue weighted by molar-refractivity contribution is 6.28. The van der Waals surface area contributed by atoms with Crippen molar-refractivity contribution in [3.8, 4) is 5.95 Å². The van der Waals surface area contributed by atoms with Crippen LogP contribution in [0.4, 0.5) is 5.95 Å². The molecule has 2 rings (SSSR count). The molecule has 0 saturated heterocycles. The minimum atomic E-state index is 0.0936. The van der Waals surface area contributed by atoms with E-state index in [0.717, 1.165) is 6.61 Å². The lowest BCUT2D eigenvalue weighted by molar-refractivity contribution is 0.118. The Balaban J connectivity index is 1.92. The summed E-state index contributed by atoms with van der Waals surface area (Å²) in [5.74, 6) is 1.21. The lowest BCUT2D eigenvalue weighted by Gasteiger charge is -2.08. The number of ether oxygens (including phenoxy) is 1. The van der Waals surface area contributed by atoms with E-state index in [2.05, 4.69) is 44.2 Å². The minimum absolute atomic E-state index is 0.0936. The molecule has 0 spiro atoms. The van der Waals surface area contributed by atoms with Crippen molar-refractivity contribution < 1.29 is 4.74 Å². The topological polar surface area (TPSA) is 90.6 Å². The lowest BCUT2D eigenvalue weighted by atomic mass is 10.2. The van der Waals surface area contributed by atoms with E-state index < -0.39 is 0 Å². The maximum absolute atomic E-state index is 5.85. The van der Waals surface area contributed by atoms with Crippen molar-refractivity contribution in [3.63, 3.8) is 0 Å². The Morgan fingerprint density at radius 1 is 1.35 bits per heavy atom. The summed E-state index contributed by atoms with van der Waals surface area (Å²) in [5.41, 5.74) is 0. The summed E-state index contributed by atoms with van der Waals surface area (Å²) in [6.07, 6.45) is 2.88. The average molecular weight is 298 g/mol. The Hall–Kier alpha value is -1.80. The molecule has 0 radical (unpaired) electrons. The molecule has 8 nitrogen and oxygen atoms in total. The van der Waals surface area contributed by atoms with Crippen molar-refractivity contribution >= 4 is 17.5 Å². The van der Waals surface area contributed by atoms with Gasteiger partial charge in [0.25, 0.3) is 5.95 Å². The minimum Gasteiger partial charge on any atom is -0.379 e. The molecule has 0 fully saturated rings. The molecule has 0 aliphatic carbocycles. The van der Waals surface area contributed by atoms with Gasteiger partial charge < -0.3 is 10.1 Å². The van der Waals surface area contributed by atoms with Gasteiger partial charge in [0, 0.05) is 13.2 Å². The van der Waals surface area contributed by atoms with E-state index in [1.54, 1.807) is 0 Å². The van der Waals surface area contributed by atoms with Crippen LogP contribution in [-0.4, -0.2) is 49.5 Å². The zero-order chi connectivity index (χ0) is 14.4. The fourth-order valence-electron chi connectivity index (χ4n) is 1.39. The number of halogens is 1. The van der Waals surface area contributed by atoms with Gasteiger partial charge in [0.15, 0.2) is 0 Å². The van der Waals surface area contributed by atoms with Crippen molar-refractivity contribution in [2.75, 3.05) is 25.1 Å². The summed E-state index contributed by atoms with van der Waals surface area (Å²) < 4.78 is 6.87. The molecule has 2 aromatic heterocycles.